The Morgan fingerprint density at radius 3 is 2.64 bits per heavy atom. The zero-order valence-electron chi connectivity index (χ0n) is 17.2. The Labute approximate surface area is 167 Å². The minimum absolute atomic E-state index is 0.0185. The van der Waals surface area contributed by atoms with Crippen molar-refractivity contribution in [3.63, 3.8) is 0 Å². The molecule has 4 rings (SSSR count). The molecule has 1 aromatic heterocycles. The number of ether oxygens (including phenoxy) is 2. The van der Waals surface area contributed by atoms with Gasteiger partial charge in [0.15, 0.2) is 0 Å². The summed E-state index contributed by atoms with van der Waals surface area (Å²) in [5, 5.41) is 10.3. The van der Waals surface area contributed by atoms with E-state index in [-0.39, 0.29) is 29.1 Å². The van der Waals surface area contributed by atoms with E-state index in [1.807, 2.05) is 30.9 Å². The highest BCUT2D eigenvalue weighted by Gasteiger charge is 2.53. The molecule has 3 atom stereocenters. The molecule has 1 N–H and O–H groups in total. The largest absolute Gasteiger partial charge is 0.388 e. The van der Waals surface area contributed by atoms with E-state index in [9.17, 15) is 9.90 Å². The van der Waals surface area contributed by atoms with E-state index in [0.29, 0.717) is 5.69 Å². The maximum absolute atomic E-state index is 12.6. The van der Waals surface area contributed by atoms with E-state index < -0.39 is 5.60 Å². The van der Waals surface area contributed by atoms with Gasteiger partial charge in [0.2, 0.25) is 0 Å². The van der Waals surface area contributed by atoms with Crippen LogP contribution in [0.1, 0.15) is 63.4 Å². The fraction of sp³-hybridized carbons (Fsp3) is 0.727. The zero-order chi connectivity index (χ0) is 20.0. The molecule has 0 bridgehead atoms. The number of aromatic nitrogens is 1. The molecule has 3 fully saturated rings. The smallest absolute Gasteiger partial charge is 0.272 e. The Hall–Kier alpha value is -1.50. The Kier molecular flexibility index (Phi) is 5.01. The fourth-order valence-corrected chi connectivity index (χ4v) is 4.96. The van der Waals surface area contributed by atoms with Crippen LogP contribution in [-0.4, -0.2) is 64.0 Å². The number of piperidine rings is 1. The van der Waals surface area contributed by atoms with Crippen molar-refractivity contribution in [2.75, 3.05) is 19.7 Å². The first kappa shape index (κ1) is 19.8. The van der Waals surface area contributed by atoms with Gasteiger partial charge in [-0.3, -0.25) is 9.78 Å². The fourth-order valence-electron chi connectivity index (χ4n) is 4.96. The summed E-state index contributed by atoms with van der Waals surface area (Å²) in [7, 11) is 0. The molecule has 0 saturated carbocycles. The summed E-state index contributed by atoms with van der Waals surface area (Å²) in [4.78, 5) is 18.8. The van der Waals surface area contributed by atoms with E-state index in [2.05, 4.69) is 11.9 Å². The van der Waals surface area contributed by atoms with Crippen LogP contribution in [0.5, 0.6) is 0 Å². The lowest BCUT2D eigenvalue weighted by Gasteiger charge is -2.39. The zero-order valence-corrected chi connectivity index (χ0v) is 17.2. The van der Waals surface area contributed by atoms with E-state index in [1.54, 1.807) is 12.3 Å². The van der Waals surface area contributed by atoms with Gasteiger partial charge in [-0.25, -0.2) is 0 Å². The second-order valence-electron chi connectivity index (χ2n) is 9.62. The van der Waals surface area contributed by atoms with Gasteiger partial charge >= 0.3 is 0 Å². The molecule has 0 radical (unpaired) electrons. The first-order valence-electron chi connectivity index (χ1n) is 10.4. The van der Waals surface area contributed by atoms with Crippen molar-refractivity contribution >= 4 is 5.91 Å². The van der Waals surface area contributed by atoms with Crippen LogP contribution in [0.3, 0.4) is 0 Å². The average molecular weight is 389 g/mol. The first-order valence-corrected chi connectivity index (χ1v) is 10.4. The molecule has 0 aliphatic carbocycles. The Morgan fingerprint density at radius 1 is 1.29 bits per heavy atom. The summed E-state index contributed by atoms with van der Waals surface area (Å²) < 4.78 is 12.6. The number of hydrogen-bond donors (Lipinski definition) is 1. The Bertz CT molecular complexity index is 709. The minimum Gasteiger partial charge on any atom is -0.388 e. The van der Waals surface area contributed by atoms with Gasteiger partial charge in [0.05, 0.1) is 30.0 Å². The van der Waals surface area contributed by atoms with Crippen LogP contribution >= 0.6 is 0 Å². The third-order valence-corrected chi connectivity index (χ3v) is 6.99. The molecule has 1 amide bonds. The van der Waals surface area contributed by atoms with Crippen molar-refractivity contribution in [2.24, 2.45) is 5.41 Å². The van der Waals surface area contributed by atoms with Gasteiger partial charge in [-0.15, -0.1) is 0 Å². The molecule has 28 heavy (non-hydrogen) atoms. The molecule has 1 aromatic rings. The standard InChI is InChI=1S/C22H32N2O4/c1-20(2,26)17-7-8-21(3,28-17)18-14-22(15-27-18)9-12-24(13-10-22)19(25)16-6-4-5-11-23-16/h4-6,11,17-18,26H,7-10,12-15H2,1-3H3/t17-,18+,21+/m0/s1. The highest BCUT2D eigenvalue weighted by Crippen LogP contribution is 2.49. The second kappa shape index (κ2) is 7.08. The molecule has 154 valence electrons. The molecule has 6 nitrogen and oxygen atoms in total. The average Bonchev–Trinajstić information content (AvgIpc) is 3.28. The molecular formula is C22H32N2O4. The maximum atomic E-state index is 12.6. The van der Waals surface area contributed by atoms with Crippen LogP contribution in [0, 0.1) is 5.41 Å². The van der Waals surface area contributed by atoms with Crippen LogP contribution in [0.15, 0.2) is 24.4 Å². The number of rotatable bonds is 3. The highest BCUT2D eigenvalue weighted by atomic mass is 16.6. The number of pyridine rings is 1. The summed E-state index contributed by atoms with van der Waals surface area (Å²) in [6, 6.07) is 5.45. The lowest BCUT2D eigenvalue weighted by atomic mass is 9.74. The molecule has 0 aromatic carbocycles. The lowest BCUT2D eigenvalue weighted by molar-refractivity contribution is -0.155. The number of amides is 1. The number of hydrogen-bond acceptors (Lipinski definition) is 5. The van der Waals surface area contributed by atoms with Crippen molar-refractivity contribution in [2.45, 2.75) is 76.3 Å². The number of aliphatic hydroxyl groups is 1. The van der Waals surface area contributed by atoms with Crippen molar-refractivity contribution in [1.82, 2.24) is 9.88 Å². The minimum atomic E-state index is -0.828. The van der Waals surface area contributed by atoms with Gasteiger partial charge < -0.3 is 19.5 Å². The van der Waals surface area contributed by atoms with Crippen LogP contribution in [0.25, 0.3) is 0 Å². The van der Waals surface area contributed by atoms with Crippen molar-refractivity contribution in [3.8, 4) is 0 Å². The SMILES string of the molecule is CC(C)(O)[C@@H]1CC[C@](C)([C@H]2CC3(CCN(C(=O)c4ccccn4)CC3)CO2)O1. The predicted molar refractivity (Wildman–Crippen MR) is 105 cm³/mol. The molecule has 4 heterocycles. The lowest BCUT2D eigenvalue weighted by Crippen LogP contribution is -2.45. The molecular weight excluding hydrogens is 356 g/mol. The predicted octanol–water partition coefficient (Wildman–Crippen LogP) is 2.80. The first-order chi connectivity index (χ1) is 13.2. The Morgan fingerprint density at radius 2 is 2.04 bits per heavy atom. The maximum Gasteiger partial charge on any atom is 0.272 e. The van der Waals surface area contributed by atoms with Gasteiger partial charge in [-0.2, -0.15) is 0 Å². The van der Waals surface area contributed by atoms with E-state index in [1.165, 1.54) is 0 Å². The van der Waals surface area contributed by atoms with Crippen LogP contribution in [0.4, 0.5) is 0 Å². The number of carbonyl (C=O) groups excluding carboxylic acids is 1. The molecule has 1 spiro atoms. The van der Waals surface area contributed by atoms with E-state index in [0.717, 1.165) is 51.8 Å². The number of carbonyl (C=O) groups is 1. The Balaban J connectivity index is 1.36. The second-order valence-corrected chi connectivity index (χ2v) is 9.62. The monoisotopic (exact) mass is 388 g/mol. The molecule has 3 saturated heterocycles. The number of likely N-dealkylation sites (tertiary alicyclic amines) is 1. The normalized spacial score (nSPS) is 32.8. The van der Waals surface area contributed by atoms with Gasteiger partial charge in [0.1, 0.15) is 5.69 Å². The summed E-state index contributed by atoms with van der Waals surface area (Å²) in [6.07, 6.45) is 6.21. The molecule has 0 unspecified atom stereocenters. The topological polar surface area (TPSA) is 71.9 Å². The quantitative estimate of drug-likeness (QED) is 0.862. The summed E-state index contributed by atoms with van der Waals surface area (Å²) >= 11 is 0. The van der Waals surface area contributed by atoms with Crippen molar-refractivity contribution < 1.29 is 19.4 Å². The van der Waals surface area contributed by atoms with Crippen molar-refractivity contribution in [1.29, 1.82) is 0 Å². The van der Waals surface area contributed by atoms with Gasteiger partial charge in [-0.1, -0.05) is 6.07 Å². The highest BCUT2D eigenvalue weighted by molar-refractivity contribution is 5.92. The summed E-state index contributed by atoms with van der Waals surface area (Å²) in [5.74, 6) is 0.0185. The van der Waals surface area contributed by atoms with E-state index in [4.69, 9.17) is 9.47 Å². The number of nitrogens with zero attached hydrogens (tertiary/aromatic N) is 2. The molecule has 6 heteroatoms. The molecule has 3 aliphatic heterocycles. The van der Waals surface area contributed by atoms with Gasteiger partial charge in [0.25, 0.3) is 5.91 Å². The molecule has 3 aliphatic rings. The van der Waals surface area contributed by atoms with Crippen LogP contribution in [0.2, 0.25) is 0 Å². The summed E-state index contributed by atoms with van der Waals surface area (Å²) in [6.45, 7) is 7.98. The summed E-state index contributed by atoms with van der Waals surface area (Å²) in [5.41, 5.74) is -0.519. The van der Waals surface area contributed by atoms with Crippen LogP contribution in [-0.2, 0) is 9.47 Å². The van der Waals surface area contributed by atoms with E-state index >= 15 is 0 Å². The van der Waals surface area contributed by atoms with Crippen LogP contribution < -0.4 is 0 Å². The third kappa shape index (κ3) is 3.70. The van der Waals surface area contributed by atoms with Crippen molar-refractivity contribution in [3.05, 3.63) is 30.1 Å². The van der Waals surface area contributed by atoms with Gasteiger partial charge in [0, 0.05) is 19.3 Å². The third-order valence-electron chi connectivity index (χ3n) is 6.99. The van der Waals surface area contributed by atoms with Gasteiger partial charge in [-0.05, 0) is 70.4 Å².